The number of nitrogens with zero attached hydrogens (tertiary/aromatic N) is 2. The number of esters is 1. The van der Waals surface area contributed by atoms with Crippen molar-refractivity contribution in [3.63, 3.8) is 0 Å². The molecule has 3 aromatic carbocycles. The number of nitrogens with two attached hydrogens (primary N) is 1. The quantitative estimate of drug-likeness (QED) is 0.124. The Kier molecular flexibility index (Phi) is 2580. The van der Waals surface area contributed by atoms with Crippen molar-refractivity contribution in [3.05, 3.63) is 119 Å². The molecule has 0 aliphatic carbocycles. The molecular formula is C32H36F89N3O4. The summed E-state index contributed by atoms with van der Waals surface area (Å²) in [6.45, 7) is 0. The maximum absolute atomic E-state index is 11.0. The lowest BCUT2D eigenvalue weighted by atomic mass is 10.1. The lowest BCUT2D eigenvalue weighted by Gasteiger charge is -1.98. The van der Waals surface area contributed by atoms with Crippen LogP contribution in [0.15, 0.2) is 102 Å². The Morgan fingerprint density at radius 2 is 0.414 bits per heavy atom. The van der Waals surface area contributed by atoms with E-state index in [0.717, 1.165) is 36.9 Å². The average Bonchev–Trinajstić information content (AvgIpc) is 1.78. The first-order chi connectivity index (χ1) is 63.0. The van der Waals surface area contributed by atoms with Gasteiger partial charge in [0.05, 0.1) is 25.3 Å². The Morgan fingerprint density at radius 1 is 0.266 bits per heavy atom. The summed E-state index contributed by atoms with van der Waals surface area (Å²) < 4.78 is 713. The van der Waals surface area contributed by atoms with Crippen molar-refractivity contribution in [1.82, 2.24) is 5.16 Å². The molecule has 0 saturated carbocycles. The number of rotatable bonds is 10. The van der Waals surface area contributed by atoms with Crippen LogP contribution in [0.5, 0.6) is 0 Å². The van der Waals surface area contributed by atoms with Crippen LogP contribution in [0, 0.1) is 11.3 Å². The zero-order valence-corrected chi connectivity index (χ0v) is 56.0. The minimum atomic E-state index is -0.154. The Morgan fingerprint density at radius 3 is 0.547 bits per heavy atom. The van der Waals surface area contributed by atoms with Crippen LogP contribution in [0.1, 0.15) is 41.6 Å². The van der Waals surface area contributed by atoms with Gasteiger partial charge in [0.2, 0.25) is 5.88 Å². The van der Waals surface area contributed by atoms with E-state index in [2.05, 4.69) is 22.0 Å². The highest BCUT2D eigenvalue weighted by atomic mass is 20.1. The van der Waals surface area contributed by atoms with E-state index in [1.807, 2.05) is 84.9 Å². The van der Waals surface area contributed by atoms with E-state index in [0.29, 0.717) is 18.7 Å². The van der Waals surface area contributed by atoms with Gasteiger partial charge in [-0.05, 0) is 42.4 Å². The number of nitriles is 1. The number of nitrogen functional groups attached to an aromatic ring is 1. The summed E-state index contributed by atoms with van der Waals surface area (Å²) in [5.74, 6) is 0.248. The largest absolute Gasteiger partial charge is 0.469 e. The monoisotopic (exact) mass is 2220 g/mol. The smallest absolute Gasteiger partial charge is 0.305 e. The maximum atomic E-state index is 11.0. The third-order valence-electron chi connectivity index (χ3n) is 5.59. The Balaban J connectivity index is -0.0000000139. The summed E-state index contributed by atoms with van der Waals surface area (Å²) in [6, 6.07) is 33.6. The Labute approximate surface area is 639 Å². The third kappa shape index (κ3) is 846. The predicted molar refractivity (Wildman–Crippen MR) is 252 cm³/mol. The van der Waals surface area contributed by atoms with Crippen LogP contribution >= 0.6 is 0 Å². The molecule has 0 aliphatic rings. The number of benzene rings is 3. The minimum Gasteiger partial charge on any atom is -0.469 e. The van der Waals surface area contributed by atoms with Crippen molar-refractivity contribution in [2.75, 3.05) is 12.8 Å². The molecule has 0 aliphatic heterocycles. The van der Waals surface area contributed by atoms with Crippen LogP contribution in [0.3, 0.4) is 0 Å². The second-order valence-corrected chi connectivity index (χ2v) is 8.63. The third-order valence-corrected chi connectivity index (χ3v) is 5.59. The summed E-state index contributed by atoms with van der Waals surface area (Å²) in [4.78, 5) is 21.8. The summed E-state index contributed by atoms with van der Waals surface area (Å²) in [6.07, 6.45) is 4.29. The number of halogens is 89. The standard InChI is InChI=1S/C11H12N2O.C11H11NO.C10H12O2.44F2.FH/c12-11-8-10(13-14-11)7-6-9-4-2-1-3-5-9;12-9-8-11(13)7-6-10-4-2-1-3-5-10;1-12-10(11)8-7-9-5-3-2-4-6-9;44*1-2;/h1-5,8H,6-7,12H2;1-5H,6-8H2;2-6H,7-8H2,1H3;;;;;;;;;;;;;;;;;;;;;;;;;;;;;;;;;;;;;;;;;;;;;1H. The lowest BCUT2D eigenvalue weighted by Crippen LogP contribution is -2.01. The number of aromatic nitrogens is 1. The summed E-state index contributed by atoms with van der Waals surface area (Å²) >= 11 is 0. The van der Waals surface area contributed by atoms with Gasteiger partial charge in [-0.1, -0.05) is 96.2 Å². The minimum absolute atomic E-state index is 0. The number of Topliss-reactive ketones (excluding diaryl/α,β-unsaturated/α-hetero) is 1. The molecule has 0 unspecified atom stereocenters. The summed E-state index contributed by atoms with van der Waals surface area (Å²) in [5, 5.41) is 12.1. The number of methoxy groups -OCH3 is 1. The van der Waals surface area contributed by atoms with E-state index >= 15 is 0 Å². The number of aryl methyl sites for hydroxylation is 4. The van der Waals surface area contributed by atoms with E-state index in [4.69, 9.17) is 418 Å². The topological polar surface area (TPSA) is 119 Å². The second-order valence-electron chi connectivity index (χ2n) is 8.63. The van der Waals surface area contributed by atoms with Gasteiger partial charge in [0.15, 0.2) is 0 Å². The van der Waals surface area contributed by atoms with E-state index in [1.165, 1.54) is 18.2 Å². The molecule has 1 heterocycles. The van der Waals surface area contributed by atoms with Crippen LogP contribution in [-0.4, -0.2) is 24.0 Å². The van der Waals surface area contributed by atoms with E-state index < -0.39 is 0 Å². The van der Waals surface area contributed by atoms with Crippen molar-refractivity contribution >= 4 is 17.6 Å². The second kappa shape index (κ2) is 1120. The molecule has 128 heavy (non-hydrogen) atoms. The highest BCUT2D eigenvalue weighted by molar-refractivity contribution is 5.80. The normalized spacial score (nSPS) is 5.00. The van der Waals surface area contributed by atoms with Gasteiger partial charge in [-0.25, -0.2) is 0 Å². The molecule has 0 spiro atoms. The molecule has 7 nitrogen and oxygen atoms in total. The van der Waals surface area contributed by atoms with Crippen LogP contribution in [0.2, 0.25) is 0 Å². The number of hydrogen-bond acceptors (Lipinski definition) is 7. The summed E-state index contributed by atoms with van der Waals surface area (Å²) in [7, 11) is 1.41. The zero-order chi connectivity index (χ0) is 116. The fraction of sp³-hybridized carbons (Fsp3) is 0.250. The van der Waals surface area contributed by atoms with Gasteiger partial charge in [-0.2, -0.15) is 5.26 Å². The fourth-order valence-corrected chi connectivity index (χ4v) is 3.46. The van der Waals surface area contributed by atoms with Crippen molar-refractivity contribution in [2.45, 2.75) is 44.9 Å². The first-order valence-corrected chi connectivity index (χ1v) is 19.1. The van der Waals surface area contributed by atoms with E-state index in [-0.39, 0.29) is 22.9 Å². The number of carbonyl (C=O) groups is 2. The van der Waals surface area contributed by atoms with Crippen LogP contribution in [0.4, 0.5) is 413 Å². The van der Waals surface area contributed by atoms with Gasteiger partial charge in [0, 0.05) is 421 Å². The Bertz CT molecular complexity index is 1380. The van der Waals surface area contributed by atoms with Crippen molar-refractivity contribution < 1.29 is 426 Å². The summed E-state index contributed by atoms with van der Waals surface area (Å²) in [5.41, 5.74) is 9.94. The van der Waals surface area contributed by atoms with Gasteiger partial charge >= 0.3 is 5.97 Å². The molecule has 96 heteroatoms. The highest BCUT2D eigenvalue weighted by Crippen LogP contribution is 2.09. The van der Waals surface area contributed by atoms with Crippen LogP contribution in [0.25, 0.3) is 0 Å². The molecule has 4 rings (SSSR count). The number of anilines is 1. The zero-order valence-electron chi connectivity index (χ0n) is 56.0. The molecular weight excluding hydrogens is 2180 g/mol. The van der Waals surface area contributed by atoms with E-state index in [1.54, 1.807) is 6.07 Å². The van der Waals surface area contributed by atoms with Crippen molar-refractivity contribution in [3.8, 4) is 6.07 Å². The number of ketones is 1. The number of hydrogen-bond donors (Lipinski definition) is 1. The molecule has 0 radical (unpaired) electrons. The molecule has 0 atom stereocenters. The first-order valence-electron chi connectivity index (χ1n) is 19.1. The highest BCUT2D eigenvalue weighted by Gasteiger charge is 2.02. The van der Waals surface area contributed by atoms with Gasteiger partial charge in [0.25, 0.3) is 0 Å². The number of carbonyl (C=O) groups excluding carboxylic acids is 2. The molecule has 0 amide bonds. The molecule has 0 saturated heterocycles. The SMILES string of the molecule is COC(=O)CCc1ccccc1.F.FF.FF.FF.FF.FF.FF.FF.FF.FF.FF.FF.FF.FF.FF.FF.FF.FF.FF.FF.FF.FF.FF.FF.FF.FF.FF.FF.FF.FF.FF.FF.FF.FF.FF.FF.FF.FF.FF.FF.FF.FF.FF.FF.FF.N#CCC(=O)CCc1ccccc1.Nc1cc(CCc2ccccc2)no1. The molecule has 0 bridgehead atoms. The molecule has 1 aromatic heterocycles. The predicted octanol–water partition coefficient (Wildman–Crippen LogP) is 43.1. The molecule has 0 fully saturated rings. The van der Waals surface area contributed by atoms with Gasteiger partial charge in [0.1, 0.15) is 5.78 Å². The van der Waals surface area contributed by atoms with Gasteiger partial charge in [-0.15, -0.1) is 0 Å². The average molecular weight is 2220 g/mol. The Hall–Kier alpha value is -10.9. The van der Waals surface area contributed by atoms with Gasteiger partial charge < -0.3 is 15.0 Å². The first kappa shape index (κ1) is 295. The molecule has 4 aromatic rings. The van der Waals surface area contributed by atoms with Crippen LogP contribution in [-0.2, 0) is 40.0 Å². The molecule has 2 N–H and O–H groups in total. The maximum Gasteiger partial charge on any atom is 0.305 e. The fourth-order valence-electron chi connectivity index (χ4n) is 3.46. The van der Waals surface area contributed by atoms with Gasteiger partial charge in [-0.3, -0.25) is 14.3 Å². The van der Waals surface area contributed by atoms with Crippen molar-refractivity contribution in [2.24, 2.45) is 0 Å². The lowest BCUT2D eigenvalue weighted by molar-refractivity contribution is -0.140. The van der Waals surface area contributed by atoms with Crippen molar-refractivity contribution in [1.29, 1.82) is 5.26 Å². The van der Waals surface area contributed by atoms with Crippen LogP contribution < -0.4 is 5.73 Å². The van der Waals surface area contributed by atoms with E-state index in [9.17, 15) is 9.59 Å². The number of ether oxygens (including phenoxy) is 1. The molecule has 826 valence electrons.